The van der Waals surface area contributed by atoms with Crippen LogP contribution in [0.5, 0.6) is 0 Å². The number of carbonyl (C=O) groups is 1. The van der Waals surface area contributed by atoms with Crippen LogP contribution in [0.4, 0.5) is 18.9 Å². The molecule has 1 heterocycles. The zero-order chi connectivity index (χ0) is 27.5. The number of imidazole rings is 1. The molecule has 0 spiro atoms. The van der Waals surface area contributed by atoms with Crippen molar-refractivity contribution in [3.05, 3.63) is 108 Å². The van der Waals surface area contributed by atoms with Gasteiger partial charge in [0.1, 0.15) is 12.4 Å². The lowest BCUT2D eigenvalue weighted by Crippen LogP contribution is -2.40. The zero-order valence-corrected chi connectivity index (χ0v) is 21.4. The van der Waals surface area contributed by atoms with Gasteiger partial charge in [-0.3, -0.25) is 9.10 Å². The summed E-state index contributed by atoms with van der Waals surface area (Å²) in [5.74, 6) is 0.142. The number of rotatable bonds is 8. The Labute approximate surface area is 218 Å². The molecule has 11 heteroatoms. The summed E-state index contributed by atoms with van der Waals surface area (Å²) in [5, 5.41) is 2.66. The summed E-state index contributed by atoms with van der Waals surface area (Å²) >= 11 is 0. The first kappa shape index (κ1) is 26.9. The number of nitrogens with one attached hydrogen (secondary N) is 1. The van der Waals surface area contributed by atoms with Crippen LogP contribution in [0, 0.1) is 13.8 Å². The fraction of sp³-hybridized carbons (Fsp3) is 0.185. The molecule has 0 unspecified atom stereocenters. The third kappa shape index (κ3) is 6.05. The van der Waals surface area contributed by atoms with Gasteiger partial charge >= 0.3 is 6.18 Å². The summed E-state index contributed by atoms with van der Waals surface area (Å²) in [5.41, 5.74) is 1.16. The average molecular weight is 543 g/mol. The predicted octanol–water partition coefficient (Wildman–Crippen LogP) is 5.02. The van der Waals surface area contributed by atoms with Gasteiger partial charge in [0.2, 0.25) is 5.91 Å². The fourth-order valence-corrected chi connectivity index (χ4v) is 5.21. The van der Waals surface area contributed by atoms with Crippen molar-refractivity contribution in [2.45, 2.75) is 31.5 Å². The Morgan fingerprint density at radius 2 is 1.68 bits per heavy atom. The van der Waals surface area contributed by atoms with Crippen molar-refractivity contribution in [1.82, 2.24) is 14.9 Å². The van der Waals surface area contributed by atoms with E-state index in [1.807, 2.05) is 42.0 Å². The van der Waals surface area contributed by atoms with Crippen LogP contribution in [0.15, 0.2) is 90.1 Å². The van der Waals surface area contributed by atoms with E-state index < -0.39 is 34.2 Å². The minimum atomic E-state index is -4.68. The Morgan fingerprint density at radius 3 is 2.29 bits per heavy atom. The summed E-state index contributed by atoms with van der Waals surface area (Å²) in [4.78, 5) is 16.9. The van der Waals surface area contributed by atoms with Gasteiger partial charge in [0.05, 0.1) is 16.1 Å². The van der Waals surface area contributed by atoms with Gasteiger partial charge in [-0.05, 0) is 61.9 Å². The van der Waals surface area contributed by atoms with E-state index in [-0.39, 0.29) is 17.1 Å². The molecule has 1 amide bonds. The standard InChI is InChI=1S/C27H25F3N4O3S/c1-19-6-12-25(13-7-19)38(36,37)34(24-5-3-4-22(16-24)27(28,29)30)18-26(35)32-17-21-8-10-23(11-9-21)33-15-14-31-20(33)2/h3-16H,17-18H2,1-2H3,(H,32,35). The van der Waals surface area contributed by atoms with Crippen LogP contribution in [0.1, 0.15) is 22.5 Å². The second-order valence-electron chi connectivity index (χ2n) is 8.66. The third-order valence-corrected chi connectivity index (χ3v) is 7.68. The number of nitrogens with zero attached hydrogens (tertiary/aromatic N) is 3. The second-order valence-corrected chi connectivity index (χ2v) is 10.5. The summed E-state index contributed by atoms with van der Waals surface area (Å²) in [7, 11) is -4.35. The first-order chi connectivity index (χ1) is 17.9. The number of halogens is 3. The lowest BCUT2D eigenvalue weighted by atomic mass is 10.2. The van der Waals surface area contributed by atoms with Gasteiger partial charge < -0.3 is 9.88 Å². The zero-order valence-electron chi connectivity index (χ0n) is 20.6. The topological polar surface area (TPSA) is 84.3 Å². The van der Waals surface area contributed by atoms with Gasteiger partial charge in [-0.2, -0.15) is 13.2 Å². The summed E-state index contributed by atoms with van der Waals surface area (Å²) < 4.78 is 69.5. The highest BCUT2D eigenvalue weighted by Crippen LogP contribution is 2.33. The number of benzene rings is 3. The number of carbonyl (C=O) groups excluding carboxylic acids is 1. The molecule has 0 bridgehead atoms. The molecule has 0 saturated heterocycles. The number of alkyl halides is 3. The summed E-state index contributed by atoms with van der Waals surface area (Å²) in [6.07, 6.45) is -1.17. The van der Waals surface area contributed by atoms with Crippen molar-refractivity contribution in [3.63, 3.8) is 0 Å². The van der Waals surface area contributed by atoms with E-state index in [0.29, 0.717) is 4.31 Å². The van der Waals surface area contributed by atoms with Crippen molar-refractivity contribution >= 4 is 21.6 Å². The van der Waals surface area contributed by atoms with E-state index in [9.17, 15) is 26.4 Å². The lowest BCUT2D eigenvalue weighted by molar-refractivity contribution is -0.137. The van der Waals surface area contributed by atoms with Crippen molar-refractivity contribution in [3.8, 4) is 5.69 Å². The van der Waals surface area contributed by atoms with Crippen molar-refractivity contribution in [2.75, 3.05) is 10.8 Å². The van der Waals surface area contributed by atoms with Gasteiger partial charge in [-0.15, -0.1) is 0 Å². The monoisotopic (exact) mass is 542 g/mol. The molecule has 0 saturated carbocycles. The molecular weight excluding hydrogens is 517 g/mol. The number of hydrogen-bond acceptors (Lipinski definition) is 4. The van der Waals surface area contributed by atoms with Crippen LogP contribution in [-0.2, 0) is 27.5 Å². The highest BCUT2D eigenvalue weighted by Gasteiger charge is 2.33. The predicted molar refractivity (Wildman–Crippen MR) is 137 cm³/mol. The Kier molecular flexibility index (Phi) is 7.58. The van der Waals surface area contributed by atoms with E-state index in [2.05, 4.69) is 10.3 Å². The molecule has 4 rings (SSSR count). The number of aryl methyl sites for hydroxylation is 2. The normalized spacial score (nSPS) is 11.8. The molecule has 1 N–H and O–H groups in total. The molecular formula is C27H25F3N4O3S. The molecule has 38 heavy (non-hydrogen) atoms. The lowest BCUT2D eigenvalue weighted by Gasteiger charge is -2.25. The Bertz CT molecular complexity index is 1530. The first-order valence-electron chi connectivity index (χ1n) is 11.6. The Hall–Kier alpha value is -4.12. The van der Waals surface area contributed by atoms with E-state index in [4.69, 9.17) is 0 Å². The van der Waals surface area contributed by atoms with Crippen molar-refractivity contribution in [1.29, 1.82) is 0 Å². The molecule has 4 aromatic rings. The number of aromatic nitrogens is 2. The van der Waals surface area contributed by atoms with E-state index >= 15 is 0 Å². The van der Waals surface area contributed by atoms with Gasteiger partial charge in [-0.1, -0.05) is 35.9 Å². The maximum Gasteiger partial charge on any atom is 0.416 e. The van der Waals surface area contributed by atoms with E-state index in [1.54, 1.807) is 25.3 Å². The maximum absolute atomic E-state index is 13.4. The van der Waals surface area contributed by atoms with Gasteiger partial charge in [0, 0.05) is 24.6 Å². The van der Waals surface area contributed by atoms with Crippen LogP contribution in [0.3, 0.4) is 0 Å². The van der Waals surface area contributed by atoms with Crippen LogP contribution < -0.4 is 9.62 Å². The third-order valence-electron chi connectivity index (χ3n) is 5.89. The highest BCUT2D eigenvalue weighted by atomic mass is 32.2. The molecule has 0 aliphatic rings. The number of hydrogen-bond donors (Lipinski definition) is 1. The summed E-state index contributed by atoms with van der Waals surface area (Å²) in [6, 6.07) is 17.1. The van der Waals surface area contributed by atoms with Crippen LogP contribution >= 0.6 is 0 Å². The van der Waals surface area contributed by atoms with Gasteiger partial charge in [0.25, 0.3) is 10.0 Å². The molecule has 0 aliphatic heterocycles. The fourth-order valence-electron chi connectivity index (χ4n) is 3.80. The largest absolute Gasteiger partial charge is 0.416 e. The smallest absolute Gasteiger partial charge is 0.350 e. The van der Waals surface area contributed by atoms with Crippen LogP contribution in [-0.4, -0.2) is 30.4 Å². The van der Waals surface area contributed by atoms with E-state index in [0.717, 1.165) is 40.8 Å². The van der Waals surface area contributed by atoms with Crippen LogP contribution in [0.25, 0.3) is 5.69 Å². The molecule has 7 nitrogen and oxygen atoms in total. The molecule has 1 aromatic heterocycles. The van der Waals surface area contributed by atoms with Gasteiger partial charge in [-0.25, -0.2) is 13.4 Å². The first-order valence-corrected chi connectivity index (χ1v) is 13.0. The SMILES string of the molecule is Cc1ccc(S(=O)(=O)N(CC(=O)NCc2ccc(-n3ccnc3C)cc2)c2cccc(C(F)(F)F)c2)cc1. The minimum Gasteiger partial charge on any atom is -0.350 e. The molecule has 0 aliphatic carbocycles. The molecule has 3 aromatic carbocycles. The minimum absolute atomic E-state index is 0.100. The van der Waals surface area contributed by atoms with Gasteiger partial charge in [0.15, 0.2) is 0 Å². The Balaban J connectivity index is 1.56. The Morgan fingerprint density at radius 1 is 1.00 bits per heavy atom. The average Bonchev–Trinajstić information content (AvgIpc) is 3.32. The second kappa shape index (κ2) is 10.7. The number of anilines is 1. The van der Waals surface area contributed by atoms with Crippen LogP contribution in [0.2, 0.25) is 0 Å². The van der Waals surface area contributed by atoms with Crippen molar-refractivity contribution < 1.29 is 26.4 Å². The highest BCUT2D eigenvalue weighted by molar-refractivity contribution is 7.92. The number of sulfonamides is 1. The molecule has 198 valence electrons. The summed E-state index contributed by atoms with van der Waals surface area (Å²) in [6.45, 7) is 3.04. The van der Waals surface area contributed by atoms with Crippen molar-refractivity contribution in [2.24, 2.45) is 0 Å². The molecule has 0 atom stereocenters. The molecule has 0 fully saturated rings. The number of amides is 1. The molecule has 0 radical (unpaired) electrons. The maximum atomic E-state index is 13.4. The van der Waals surface area contributed by atoms with E-state index in [1.165, 1.54) is 18.2 Å². The quantitative estimate of drug-likeness (QED) is 0.339.